The molecule has 0 amide bonds. The van der Waals surface area contributed by atoms with Gasteiger partial charge in [0.15, 0.2) is 5.82 Å². The van der Waals surface area contributed by atoms with E-state index in [1.807, 2.05) is 42.5 Å². The highest BCUT2D eigenvalue weighted by Crippen LogP contribution is 2.23. The lowest BCUT2D eigenvalue weighted by Crippen LogP contribution is -1.97. The normalized spacial score (nSPS) is 10.9. The maximum Gasteiger partial charge on any atom is 0.226 e. The summed E-state index contributed by atoms with van der Waals surface area (Å²) < 4.78 is 11.2. The Labute approximate surface area is 165 Å². The highest BCUT2D eigenvalue weighted by Gasteiger charge is 2.09. The number of aromatic amines is 1. The molecule has 0 atom stereocenters. The Bertz CT molecular complexity index is 1000. The van der Waals surface area contributed by atoms with Crippen molar-refractivity contribution in [1.82, 2.24) is 20.2 Å². The van der Waals surface area contributed by atoms with Crippen LogP contribution in [0.4, 0.5) is 0 Å². The minimum Gasteiger partial charge on any atom is -0.486 e. The molecule has 0 fully saturated rings. The summed E-state index contributed by atoms with van der Waals surface area (Å²) in [5.74, 6) is 2.60. The molecule has 27 heavy (non-hydrogen) atoms. The zero-order valence-electron chi connectivity index (χ0n) is 14.1. The maximum atomic E-state index is 5.86. The van der Waals surface area contributed by atoms with Gasteiger partial charge in [-0.3, -0.25) is 5.10 Å². The topological polar surface area (TPSA) is 76.8 Å². The molecule has 2 heterocycles. The largest absolute Gasteiger partial charge is 0.486 e. The van der Waals surface area contributed by atoms with Crippen molar-refractivity contribution in [2.24, 2.45) is 0 Å². The Morgan fingerprint density at radius 1 is 1.04 bits per heavy atom. The summed E-state index contributed by atoms with van der Waals surface area (Å²) >= 11 is 7.33. The summed E-state index contributed by atoms with van der Waals surface area (Å²) in [7, 11) is 0. The lowest BCUT2D eigenvalue weighted by molar-refractivity contribution is 0.296. The average Bonchev–Trinajstić information content (AvgIpc) is 3.36. The third-order valence-electron chi connectivity index (χ3n) is 3.62. The van der Waals surface area contributed by atoms with Crippen molar-refractivity contribution < 1.29 is 9.15 Å². The molecule has 6 nitrogen and oxygen atoms in total. The van der Waals surface area contributed by atoms with Crippen molar-refractivity contribution in [3.63, 3.8) is 0 Å². The van der Waals surface area contributed by atoms with E-state index in [2.05, 4.69) is 20.2 Å². The Balaban J connectivity index is 1.31. The number of benzene rings is 2. The first-order valence-corrected chi connectivity index (χ1v) is 9.55. The second-order valence-electron chi connectivity index (χ2n) is 5.61. The van der Waals surface area contributed by atoms with Gasteiger partial charge in [0.1, 0.15) is 18.6 Å². The van der Waals surface area contributed by atoms with Crippen LogP contribution in [0.2, 0.25) is 5.02 Å². The number of nitrogens with one attached hydrogen (secondary N) is 1. The second kappa shape index (κ2) is 8.28. The van der Waals surface area contributed by atoms with Crippen LogP contribution in [-0.4, -0.2) is 20.2 Å². The van der Waals surface area contributed by atoms with E-state index in [0.717, 1.165) is 17.0 Å². The number of nitrogens with zero attached hydrogens (tertiary/aromatic N) is 3. The van der Waals surface area contributed by atoms with E-state index in [-0.39, 0.29) is 0 Å². The number of thioether (sulfide) groups is 1. The van der Waals surface area contributed by atoms with Crippen LogP contribution in [0.25, 0.3) is 11.5 Å². The second-order valence-corrected chi connectivity index (χ2v) is 6.98. The summed E-state index contributed by atoms with van der Waals surface area (Å²) in [5.41, 5.74) is 1.79. The van der Waals surface area contributed by atoms with Gasteiger partial charge in [0, 0.05) is 16.3 Å². The van der Waals surface area contributed by atoms with E-state index in [0.29, 0.717) is 34.3 Å². The average molecular weight is 399 g/mol. The van der Waals surface area contributed by atoms with Gasteiger partial charge in [-0.15, -0.1) is 5.10 Å². The maximum absolute atomic E-state index is 5.86. The van der Waals surface area contributed by atoms with Crippen LogP contribution in [0, 0.1) is 0 Å². The van der Waals surface area contributed by atoms with Gasteiger partial charge < -0.3 is 9.15 Å². The molecule has 0 radical (unpaired) electrons. The number of H-pyrrole nitrogens is 1. The standard InChI is InChI=1S/C19H15ClN4O2S/c20-14-6-8-16(9-7-14)25-11-17-22-19(24-23-17)27-12-15-10-26-18(21-15)13-4-2-1-3-5-13/h1-10H,11-12H2,(H,22,23,24). The van der Waals surface area contributed by atoms with Crippen LogP contribution in [0.15, 0.2) is 70.4 Å². The number of halogens is 1. The fourth-order valence-corrected chi connectivity index (χ4v) is 3.13. The Morgan fingerprint density at radius 3 is 2.67 bits per heavy atom. The first-order valence-electron chi connectivity index (χ1n) is 8.18. The minimum atomic E-state index is 0.303. The number of oxazole rings is 1. The summed E-state index contributed by atoms with van der Waals surface area (Å²) in [6.45, 7) is 0.303. The number of hydrogen-bond donors (Lipinski definition) is 1. The van der Waals surface area contributed by atoms with E-state index in [9.17, 15) is 0 Å². The number of rotatable bonds is 7. The quantitative estimate of drug-likeness (QED) is 0.442. The smallest absolute Gasteiger partial charge is 0.226 e. The molecule has 136 valence electrons. The van der Waals surface area contributed by atoms with Crippen LogP contribution in [0.5, 0.6) is 5.75 Å². The highest BCUT2D eigenvalue weighted by atomic mass is 35.5. The SMILES string of the molecule is Clc1ccc(OCc2nc(SCc3coc(-c4ccccc4)n3)n[nH]2)cc1. The molecule has 0 aliphatic carbocycles. The molecular formula is C19H15ClN4O2S. The van der Waals surface area contributed by atoms with Crippen LogP contribution >= 0.6 is 23.4 Å². The molecule has 0 unspecified atom stereocenters. The van der Waals surface area contributed by atoms with Crippen molar-refractivity contribution in [3.8, 4) is 17.2 Å². The first kappa shape index (κ1) is 17.6. The van der Waals surface area contributed by atoms with Gasteiger partial charge in [-0.1, -0.05) is 41.6 Å². The molecule has 0 bridgehead atoms. The van der Waals surface area contributed by atoms with Gasteiger partial charge in [0.25, 0.3) is 0 Å². The Kier molecular flexibility index (Phi) is 5.41. The van der Waals surface area contributed by atoms with Crippen molar-refractivity contribution in [1.29, 1.82) is 0 Å². The number of aromatic nitrogens is 4. The highest BCUT2D eigenvalue weighted by molar-refractivity contribution is 7.98. The third-order valence-corrected chi connectivity index (χ3v) is 4.75. The van der Waals surface area contributed by atoms with Crippen LogP contribution < -0.4 is 4.74 Å². The molecule has 0 aliphatic heterocycles. The molecule has 2 aromatic carbocycles. The van der Waals surface area contributed by atoms with E-state index in [1.54, 1.807) is 18.4 Å². The van der Waals surface area contributed by atoms with Crippen molar-refractivity contribution in [3.05, 3.63) is 77.4 Å². The minimum absolute atomic E-state index is 0.303. The lowest BCUT2D eigenvalue weighted by Gasteiger charge is -2.03. The lowest BCUT2D eigenvalue weighted by atomic mass is 10.2. The third kappa shape index (κ3) is 4.69. The molecule has 2 aromatic heterocycles. The summed E-state index contributed by atoms with van der Waals surface area (Å²) in [6, 6.07) is 17.0. The Hall–Kier alpha value is -2.77. The van der Waals surface area contributed by atoms with Crippen LogP contribution in [0.3, 0.4) is 0 Å². The molecule has 4 rings (SSSR count). The summed E-state index contributed by atoms with van der Waals surface area (Å²) in [4.78, 5) is 8.91. The monoisotopic (exact) mass is 398 g/mol. The molecule has 0 saturated heterocycles. The molecule has 1 N–H and O–H groups in total. The number of ether oxygens (including phenoxy) is 1. The predicted molar refractivity (Wildman–Crippen MR) is 104 cm³/mol. The zero-order valence-corrected chi connectivity index (χ0v) is 15.7. The molecule has 0 aliphatic rings. The van der Waals surface area contributed by atoms with Gasteiger partial charge in [-0.05, 0) is 36.4 Å². The van der Waals surface area contributed by atoms with Gasteiger partial charge >= 0.3 is 0 Å². The molecule has 8 heteroatoms. The van der Waals surface area contributed by atoms with E-state index >= 15 is 0 Å². The van der Waals surface area contributed by atoms with E-state index in [1.165, 1.54) is 11.8 Å². The van der Waals surface area contributed by atoms with Crippen molar-refractivity contribution in [2.45, 2.75) is 17.5 Å². The summed E-state index contributed by atoms with van der Waals surface area (Å²) in [5, 5.41) is 8.37. The van der Waals surface area contributed by atoms with Crippen LogP contribution in [-0.2, 0) is 12.4 Å². The van der Waals surface area contributed by atoms with E-state index < -0.39 is 0 Å². The summed E-state index contributed by atoms with van der Waals surface area (Å²) in [6.07, 6.45) is 1.66. The Morgan fingerprint density at radius 2 is 1.85 bits per heavy atom. The molecule has 0 saturated carbocycles. The van der Waals surface area contributed by atoms with Gasteiger partial charge in [-0.2, -0.15) is 0 Å². The van der Waals surface area contributed by atoms with Crippen molar-refractivity contribution >= 4 is 23.4 Å². The van der Waals surface area contributed by atoms with Gasteiger partial charge in [-0.25, -0.2) is 9.97 Å². The van der Waals surface area contributed by atoms with Crippen molar-refractivity contribution in [2.75, 3.05) is 0 Å². The fraction of sp³-hybridized carbons (Fsp3) is 0.105. The molecule has 4 aromatic rings. The fourth-order valence-electron chi connectivity index (χ4n) is 2.31. The predicted octanol–water partition coefficient (Wildman–Crippen LogP) is 4.98. The van der Waals surface area contributed by atoms with E-state index in [4.69, 9.17) is 20.8 Å². The molecule has 0 spiro atoms. The van der Waals surface area contributed by atoms with Gasteiger partial charge in [0.05, 0.1) is 5.69 Å². The number of hydrogen-bond acceptors (Lipinski definition) is 6. The zero-order chi connectivity index (χ0) is 18.5. The first-order chi connectivity index (χ1) is 13.3. The van der Waals surface area contributed by atoms with Gasteiger partial charge in [0.2, 0.25) is 11.0 Å². The van der Waals surface area contributed by atoms with Crippen LogP contribution in [0.1, 0.15) is 11.5 Å². The molecular weight excluding hydrogens is 384 g/mol.